The first-order valence-electron chi connectivity index (χ1n) is 3.66. The summed E-state index contributed by atoms with van der Waals surface area (Å²) in [6, 6.07) is 0. The first kappa shape index (κ1) is 7.50. The monoisotopic (exact) mass is 143 g/mol. The van der Waals surface area contributed by atoms with E-state index >= 15 is 0 Å². The molecule has 1 aliphatic heterocycles. The number of hydrazine groups is 2. The van der Waals surface area contributed by atoms with Crippen LogP contribution in [0, 0.1) is 0 Å². The van der Waals surface area contributed by atoms with Gasteiger partial charge >= 0.3 is 0 Å². The van der Waals surface area contributed by atoms with Crippen molar-refractivity contribution in [2.75, 3.05) is 6.54 Å². The van der Waals surface area contributed by atoms with Crippen molar-refractivity contribution >= 4 is 5.91 Å². The molecule has 1 rings (SSSR count). The summed E-state index contributed by atoms with van der Waals surface area (Å²) in [6.07, 6.45) is 3.88. The Kier molecular flexibility index (Phi) is 3.18. The molecule has 0 saturated carbocycles. The van der Waals surface area contributed by atoms with Crippen molar-refractivity contribution in [2.45, 2.75) is 25.7 Å². The molecule has 10 heavy (non-hydrogen) atoms. The van der Waals surface area contributed by atoms with Crippen molar-refractivity contribution in [3.63, 3.8) is 0 Å². The van der Waals surface area contributed by atoms with Crippen molar-refractivity contribution < 1.29 is 4.79 Å². The van der Waals surface area contributed by atoms with E-state index in [1.54, 1.807) is 0 Å². The van der Waals surface area contributed by atoms with E-state index < -0.39 is 0 Å². The molecule has 1 fully saturated rings. The molecule has 4 nitrogen and oxygen atoms in total. The predicted octanol–water partition coefficient (Wildman–Crippen LogP) is -0.314. The van der Waals surface area contributed by atoms with Crippen LogP contribution in [0.25, 0.3) is 0 Å². The van der Waals surface area contributed by atoms with Gasteiger partial charge < -0.3 is 0 Å². The average Bonchev–Trinajstić information content (AvgIpc) is 2.02. The Bertz CT molecular complexity index is 104. The van der Waals surface area contributed by atoms with E-state index in [-0.39, 0.29) is 5.91 Å². The van der Waals surface area contributed by atoms with E-state index in [1.807, 2.05) is 0 Å². The maximum Gasteiger partial charge on any atom is 0.235 e. The molecule has 3 N–H and O–H groups in total. The van der Waals surface area contributed by atoms with Crippen LogP contribution in [-0.2, 0) is 4.79 Å². The number of hydrogen-bond acceptors (Lipinski definition) is 3. The van der Waals surface area contributed by atoms with Gasteiger partial charge in [0.1, 0.15) is 0 Å². The van der Waals surface area contributed by atoms with E-state index in [0.717, 1.165) is 25.8 Å². The molecule has 0 spiro atoms. The highest BCUT2D eigenvalue weighted by Gasteiger charge is 2.01. The van der Waals surface area contributed by atoms with Crippen LogP contribution >= 0.6 is 0 Å². The molecular formula is C6H13N3O. The molecule has 0 aliphatic carbocycles. The maximum atomic E-state index is 10.8. The van der Waals surface area contributed by atoms with Crippen LogP contribution in [0.4, 0.5) is 0 Å². The summed E-state index contributed by atoms with van der Waals surface area (Å²) < 4.78 is 0. The van der Waals surface area contributed by atoms with Gasteiger partial charge in [-0.15, -0.1) is 0 Å². The Hall–Kier alpha value is -0.610. The molecule has 1 heterocycles. The summed E-state index contributed by atoms with van der Waals surface area (Å²) in [7, 11) is 0. The summed E-state index contributed by atoms with van der Waals surface area (Å²) in [5.74, 6) is 0.0643. The second-order valence-electron chi connectivity index (χ2n) is 2.41. The number of carbonyl (C=O) groups is 1. The molecule has 0 atom stereocenters. The van der Waals surface area contributed by atoms with Gasteiger partial charge in [-0.05, 0) is 12.8 Å². The topological polar surface area (TPSA) is 53.2 Å². The van der Waals surface area contributed by atoms with Gasteiger partial charge in [0, 0.05) is 13.0 Å². The minimum atomic E-state index is 0.0643. The fourth-order valence-corrected chi connectivity index (χ4v) is 0.915. The molecule has 0 aromatic rings. The molecule has 58 valence electrons. The van der Waals surface area contributed by atoms with Crippen molar-refractivity contribution in [2.24, 2.45) is 0 Å². The summed E-state index contributed by atoms with van der Waals surface area (Å²) >= 11 is 0. The zero-order valence-corrected chi connectivity index (χ0v) is 5.94. The summed E-state index contributed by atoms with van der Waals surface area (Å²) in [5, 5.41) is 0. The Balaban J connectivity index is 2.21. The number of carbonyl (C=O) groups excluding carboxylic acids is 1. The Labute approximate surface area is 60.3 Å². The minimum absolute atomic E-state index is 0.0643. The molecular weight excluding hydrogens is 130 g/mol. The van der Waals surface area contributed by atoms with Crippen LogP contribution in [0.15, 0.2) is 0 Å². The number of rotatable bonds is 0. The molecule has 0 aromatic heterocycles. The highest BCUT2D eigenvalue weighted by molar-refractivity contribution is 5.75. The molecule has 1 amide bonds. The van der Waals surface area contributed by atoms with Crippen molar-refractivity contribution in [1.82, 2.24) is 16.4 Å². The van der Waals surface area contributed by atoms with E-state index in [4.69, 9.17) is 0 Å². The standard InChI is InChI=1S/C6H13N3O/c10-6-4-2-1-3-5-7-9-8-6/h7,9H,1-5H2,(H,8,10). The van der Waals surface area contributed by atoms with Crippen LogP contribution in [0.2, 0.25) is 0 Å². The fourth-order valence-electron chi connectivity index (χ4n) is 0.915. The van der Waals surface area contributed by atoms with Gasteiger partial charge in [-0.3, -0.25) is 10.2 Å². The first-order valence-corrected chi connectivity index (χ1v) is 3.66. The Morgan fingerprint density at radius 1 is 1.20 bits per heavy atom. The second-order valence-corrected chi connectivity index (χ2v) is 2.41. The molecule has 0 radical (unpaired) electrons. The SMILES string of the molecule is O=C1CCCCCNNN1. The molecule has 4 heteroatoms. The lowest BCUT2D eigenvalue weighted by atomic mass is 10.2. The lowest BCUT2D eigenvalue weighted by Crippen LogP contribution is -2.46. The lowest BCUT2D eigenvalue weighted by Gasteiger charge is -2.03. The van der Waals surface area contributed by atoms with Crippen LogP contribution in [0.5, 0.6) is 0 Å². The van der Waals surface area contributed by atoms with Crippen LogP contribution in [0.3, 0.4) is 0 Å². The minimum Gasteiger partial charge on any atom is -0.278 e. The van der Waals surface area contributed by atoms with Crippen molar-refractivity contribution in [1.29, 1.82) is 0 Å². The normalized spacial score (nSPS) is 22.2. The van der Waals surface area contributed by atoms with E-state index in [0.29, 0.717) is 6.42 Å². The molecule has 1 aliphatic rings. The molecule has 0 aromatic carbocycles. The smallest absolute Gasteiger partial charge is 0.235 e. The quantitative estimate of drug-likeness (QED) is 0.436. The zero-order valence-electron chi connectivity index (χ0n) is 5.94. The van der Waals surface area contributed by atoms with Crippen LogP contribution in [-0.4, -0.2) is 12.5 Å². The summed E-state index contributed by atoms with van der Waals surface area (Å²) in [6.45, 7) is 0.917. The van der Waals surface area contributed by atoms with Gasteiger partial charge in [-0.2, -0.15) is 5.53 Å². The molecule has 0 bridgehead atoms. The summed E-state index contributed by atoms with van der Waals surface area (Å²) in [4.78, 5) is 10.8. The fraction of sp³-hybridized carbons (Fsp3) is 0.833. The first-order chi connectivity index (χ1) is 4.89. The third-order valence-corrected chi connectivity index (χ3v) is 1.50. The Morgan fingerprint density at radius 3 is 3.00 bits per heavy atom. The zero-order chi connectivity index (χ0) is 7.23. The van der Waals surface area contributed by atoms with Gasteiger partial charge in [0.2, 0.25) is 5.91 Å². The van der Waals surface area contributed by atoms with Gasteiger partial charge in [-0.25, -0.2) is 5.43 Å². The highest BCUT2D eigenvalue weighted by Crippen LogP contribution is 1.98. The molecule has 1 saturated heterocycles. The highest BCUT2D eigenvalue weighted by atomic mass is 16.2. The van der Waals surface area contributed by atoms with Crippen LogP contribution < -0.4 is 16.4 Å². The molecule has 0 unspecified atom stereocenters. The number of nitrogens with one attached hydrogen (secondary N) is 3. The summed E-state index contributed by atoms with van der Waals surface area (Å²) in [5.41, 5.74) is 8.03. The third-order valence-electron chi connectivity index (χ3n) is 1.50. The van der Waals surface area contributed by atoms with E-state index in [9.17, 15) is 4.79 Å². The number of hydrogen-bond donors (Lipinski definition) is 3. The maximum absolute atomic E-state index is 10.8. The van der Waals surface area contributed by atoms with Crippen LogP contribution in [0.1, 0.15) is 25.7 Å². The Morgan fingerprint density at radius 2 is 2.10 bits per heavy atom. The largest absolute Gasteiger partial charge is 0.278 e. The lowest BCUT2D eigenvalue weighted by molar-refractivity contribution is -0.122. The second kappa shape index (κ2) is 4.24. The third kappa shape index (κ3) is 2.80. The number of amides is 1. The van der Waals surface area contributed by atoms with Gasteiger partial charge in [-0.1, -0.05) is 6.42 Å². The van der Waals surface area contributed by atoms with Crippen molar-refractivity contribution in [3.8, 4) is 0 Å². The van der Waals surface area contributed by atoms with Gasteiger partial charge in [0.25, 0.3) is 0 Å². The van der Waals surface area contributed by atoms with Gasteiger partial charge in [0.05, 0.1) is 0 Å². The van der Waals surface area contributed by atoms with E-state index in [2.05, 4.69) is 16.4 Å². The van der Waals surface area contributed by atoms with Crippen molar-refractivity contribution in [3.05, 3.63) is 0 Å². The predicted molar refractivity (Wildman–Crippen MR) is 37.7 cm³/mol. The van der Waals surface area contributed by atoms with E-state index in [1.165, 1.54) is 0 Å². The average molecular weight is 143 g/mol. The van der Waals surface area contributed by atoms with Gasteiger partial charge in [0.15, 0.2) is 0 Å².